The number of aromatic nitrogens is 1. The van der Waals surface area contributed by atoms with Gasteiger partial charge in [0.1, 0.15) is 0 Å². The van der Waals surface area contributed by atoms with E-state index in [1.54, 1.807) is 30.3 Å². The van der Waals surface area contributed by atoms with E-state index in [0.29, 0.717) is 34.5 Å². The predicted octanol–water partition coefficient (Wildman–Crippen LogP) is 5.96. The van der Waals surface area contributed by atoms with Crippen LogP contribution in [0.1, 0.15) is 22.9 Å². The zero-order valence-corrected chi connectivity index (χ0v) is 15.2. The standard InChI is InChI=1S/C18H14BrClF3NO/c19-11-4-7-13-15(9-11)24-14(16(13)17(25)18(21,22)23)8-3-10-1-5-12(20)6-2-10/h1-2,4-7,9,17,24-25H,3,8H2. The van der Waals surface area contributed by atoms with Crippen LogP contribution in [-0.4, -0.2) is 16.3 Å². The molecule has 0 amide bonds. The third-order valence-corrected chi connectivity index (χ3v) is 4.79. The molecule has 1 aromatic heterocycles. The number of aromatic amines is 1. The first-order chi connectivity index (χ1) is 11.8. The minimum Gasteiger partial charge on any atom is -0.379 e. The average molecular weight is 433 g/mol. The van der Waals surface area contributed by atoms with Gasteiger partial charge in [0.15, 0.2) is 6.10 Å². The Morgan fingerprint density at radius 2 is 1.76 bits per heavy atom. The third kappa shape index (κ3) is 4.02. The Balaban J connectivity index is 1.99. The van der Waals surface area contributed by atoms with Gasteiger partial charge in [0.2, 0.25) is 0 Å². The summed E-state index contributed by atoms with van der Waals surface area (Å²) in [6, 6.07) is 12.1. The monoisotopic (exact) mass is 431 g/mol. The fourth-order valence-electron chi connectivity index (χ4n) is 2.84. The Morgan fingerprint density at radius 3 is 2.40 bits per heavy atom. The molecule has 0 radical (unpaired) electrons. The Bertz CT molecular complexity index is 890. The highest BCUT2D eigenvalue weighted by Gasteiger charge is 2.42. The summed E-state index contributed by atoms with van der Waals surface area (Å²) in [6.45, 7) is 0. The van der Waals surface area contributed by atoms with Crippen LogP contribution in [0.4, 0.5) is 13.2 Å². The highest BCUT2D eigenvalue weighted by atomic mass is 79.9. The summed E-state index contributed by atoms with van der Waals surface area (Å²) in [7, 11) is 0. The zero-order chi connectivity index (χ0) is 18.2. The maximum absolute atomic E-state index is 13.1. The number of aryl methyl sites for hydroxylation is 2. The number of benzene rings is 2. The van der Waals surface area contributed by atoms with Gasteiger partial charge in [0, 0.05) is 31.7 Å². The molecule has 2 nitrogen and oxygen atoms in total. The number of hydrogen-bond donors (Lipinski definition) is 2. The molecule has 2 aromatic carbocycles. The van der Waals surface area contributed by atoms with Crippen LogP contribution in [0.2, 0.25) is 5.02 Å². The van der Waals surface area contributed by atoms with Crippen molar-refractivity contribution in [2.45, 2.75) is 25.1 Å². The molecule has 0 aliphatic rings. The number of halogens is 5. The number of rotatable bonds is 4. The lowest BCUT2D eigenvalue weighted by atomic mass is 10.0. The molecule has 3 rings (SSSR count). The molecule has 0 aliphatic carbocycles. The van der Waals surface area contributed by atoms with E-state index >= 15 is 0 Å². The van der Waals surface area contributed by atoms with Gasteiger partial charge in [0.05, 0.1) is 0 Å². The van der Waals surface area contributed by atoms with Crippen molar-refractivity contribution in [1.82, 2.24) is 4.98 Å². The number of fused-ring (bicyclic) bond motifs is 1. The Morgan fingerprint density at radius 1 is 1.08 bits per heavy atom. The minimum absolute atomic E-state index is 0.107. The number of nitrogens with one attached hydrogen (secondary N) is 1. The molecule has 0 fully saturated rings. The number of H-pyrrole nitrogens is 1. The maximum atomic E-state index is 13.1. The summed E-state index contributed by atoms with van der Waals surface area (Å²) < 4.78 is 40.1. The van der Waals surface area contributed by atoms with Gasteiger partial charge in [-0.2, -0.15) is 13.2 Å². The molecule has 25 heavy (non-hydrogen) atoms. The molecule has 132 valence electrons. The summed E-state index contributed by atoms with van der Waals surface area (Å²) in [5.74, 6) is 0. The summed E-state index contributed by atoms with van der Waals surface area (Å²) >= 11 is 9.15. The summed E-state index contributed by atoms with van der Waals surface area (Å²) in [6.07, 6.45) is -6.38. The number of aliphatic hydroxyl groups is 1. The number of aliphatic hydroxyl groups excluding tert-OH is 1. The van der Waals surface area contributed by atoms with E-state index in [-0.39, 0.29) is 5.56 Å². The third-order valence-electron chi connectivity index (χ3n) is 4.04. The molecule has 1 unspecified atom stereocenters. The Labute approximate surface area is 155 Å². The van der Waals surface area contributed by atoms with Crippen molar-refractivity contribution in [2.75, 3.05) is 0 Å². The normalized spacial score (nSPS) is 13.4. The topological polar surface area (TPSA) is 36.0 Å². The van der Waals surface area contributed by atoms with Crippen LogP contribution >= 0.6 is 27.5 Å². The van der Waals surface area contributed by atoms with Gasteiger partial charge in [-0.15, -0.1) is 0 Å². The molecular weight excluding hydrogens is 419 g/mol. The van der Waals surface area contributed by atoms with Gasteiger partial charge in [-0.3, -0.25) is 0 Å². The van der Waals surface area contributed by atoms with Crippen molar-refractivity contribution < 1.29 is 18.3 Å². The zero-order valence-electron chi connectivity index (χ0n) is 12.9. The van der Waals surface area contributed by atoms with Crippen molar-refractivity contribution in [2.24, 2.45) is 0 Å². The van der Waals surface area contributed by atoms with Crippen LogP contribution < -0.4 is 0 Å². The fraction of sp³-hybridized carbons (Fsp3) is 0.222. The van der Waals surface area contributed by atoms with E-state index in [0.717, 1.165) is 10.0 Å². The SMILES string of the molecule is OC(c1c(CCc2ccc(Cl)cc2)[nH]c2cc(Br)ccc12)C(F)(F)F. The lowest BCUT2D eigenvalue weighted by Gasteiger charge is -2.16. The van der Waals surface area contributed by atoms with Crippen LogP contribution in [0.15, 0.2) is 46.9 Å². The summed E-state index contributed by atoms with van der Waals surface area (Å²) in [4.78, 5) is 3.02. The van der Waals surface area contributed by atoms with E-state index < -0.39 is 12.3 Å². The second-order valence-electron chi connectivity index (χ2n) is 5.78. The second-order valence-corrected chi connectivity index (χ2v) is 7.13. The first-order valence-electron chi connectivity index (χ1n) is 7.55. The van der Waals surface area contributed by atoms with Gasteiger partial charge in [-0.1, -0.05) is 45.7 Å². The van der Waals surface area contributed by atoms with Gasteiger partial charge in [-0.05, 0) is 42.7 Å². The fourth-order valence-corrected chi connectivity index (χ4v) is 3.33. The van der Waals surface area contributed by atoms with Gasteiger partial charge < -0.3 is 10.1 Å². The largest absolute Gasteiger partial charge is 0.418 e. The maximum Gasteiger partial charge on any atom is 0.418 e. The molecule has 7 heteroatoms. The van der Waals surface area contributed by atoms with Crippen molar-refractivity contribution in [3.05, 3.63) is 68.8 Å². The smallest absolute Gasteiger partial charge is 0.379 e. The van der Waals surface area contributed by atoms with E-state index in [9.17, 15) is 18.3 Å². The van der Waals surface area contributed by atoms with Crippen LogP contribution in [0.25, 0.3) is 10.9 Å². The van der Waals surface area contributed by atoms with Gasteiger partial charge >= 0.3 is 6.18 Å². The second kappa shape index (κ2) is 7.02. The van der Waals surface area contributed by atoms with E-state index in [1.165, 1.54) is 0 Å². The molecule has 0 bridgehead atoms. The number of hydrogen-bond acceptors (Lipinski definition) is 1. The van der Waals surface area contributed by atoms with Gasteiger partial charge in [0.25, 0.3) is 0 Å². The van der Waals surface area contributed by atoms with Crippen LogP contribution in [0.3, 0.4) is 0 Å². The molecule has 0 spiro atoms. The highest BCUT2D eigenvalue weighted by molar-refractivity contribution is 9.10. The lowest BCUT2D eigenvalue weighted by Crippen LogP contribution is -2.21. The van der Waals surface area contributed by atoms with Crippen LogP contribution in [0, 0.1) is 0 Å². The molecule has 1 atom stereocenters. The highest BCUT2D eigenvalue weighted by Crippen LogP contribution is 2.39. The molecule has 0 saturated carbocycles. The molecular formula is C18H14BrClF3NO. The van der Waals surface area contributed by atoms with E-state index in [1.807, 2.05) is 12.1 Å². The van der Waals surface area contributed by atoms with Crippen molar-refractivity contribution in [3.8, 4) is 0 Å². The first kappa shape index (κ1) is 18.3. The van der Waals surface area contributed by atoms with Crippen molar-refractivity contribution in [3.63, 3.8) is 0 Å². The number of alkyl halides is 3. The molecule has 1 heterocycles. The lowest BCUT2D eigenvalue weighted by molar-refractivity contribution is -0.206. The predicted molar refractivity (Wildman–Crippen MR) is 95.9 cm³/mol. The molecule has 2 N–H and O–H groups in total. The quantitative estimate of drug-likeness (QED) is 0.524. The van der Waals surface area contributed by atoms with Crippen molar-refractivity contribution in [1.29, 1.82) is 0 Å². The van der Waals surface area contributed by atoms with Crippen LogP contribution in [0.5, 0.6) is 0 Å². The molecule has 0 aliphatic heterocycles. The molecule has 0 saturated heterocycles. The summed E-state index contributed by atoms with van der Waals surface area (Å²) in [5.41, 5.74) is 1.78. The molecule has 3 aromatic rings. The Hall–Kier alpha value is -1.50. The average Bonchev–Trinajstić information content (AvgIpc) is 2.89. The summed E-state index contributed by atoms with van der Waals surface area (Å²) in [5, 5.41) is 10.8. The van der Waals surface area contributed by atoms with E-state index in [4.69, 9.17) is 11.6 Å². The van der Waals surface area contributed by atoms with Crippen LogP contribution in [-0.2, 0) is 12.8 Å². The first-order valence-corrected chi connectivity index (χ1v) is 8.72. The van der Waals surface area contributed by atoms with Gasteiger partial charge in [-0.25, -0.2) is 0 Å². The minimum atomic E-state index is -4.72. The van der Waals surface area contributed by atoms with Crippen molar-refractivity contribution >= 4 is 38.4 Å². The van der Waals surface area contributed by atoms with E-state index in [2.05, 4.69) is 20.9 Å². The Kier molecular flexibility index (Phi) is 5.14.